The van der Waals surface area contributed by atoms with Gasteiger partial charge < -0.3 is 10.1 Å². The number of carbonyl (C=O) groups is 1. The van der Waals surface area contributed by atoms with Crippen molar-refractivity contribution in [3.8, 4) is 0 Å². The van der Waals surface area contributed by atoms with E-state index in [1.807, 2.05) is 0 Å². The smallest absolute Gasteiger partial charge is 0.307 e. The zero-order valence-corrected chi connectivity index (χ0v) is 8.40. The molecule has 0 radical (unpaired) electrons. The van der Waals surface area contributed by atoms with E-state index in [9.17, 15) is 9.18 Å². The first-order valence-electron chi connectivity index (χ1n) is 5.17. The lowest BCUT2D eigenvalue weighted by Crippen LogP contribution is -1.98. The van der Waals surface area contributed by atoms with Crippen LogP contribution in [0.2, 0.25) is 0 Å². The molecule has 0 bridgehead atoms. The molecule has 0 spiro atoms. The standard InChI is InChI=1S/C12H10FNO2/c13-9-2-1-3-10-11(9)8(5-14-10)6-4-7(6)12(15)16/h1-3,5-7,14H,4H2,(H,15,16). The first kappa shape index (κ1) is 9.39. The zero-order chi connectivity index (χ0) is 11.3. The number of aliphatic carboxylic acids is 1. The second kappa shape index (κ2) is 3.07. The summed E-state index contributed by atoms with van der Waals surface area (Å²) < 4.78 is 13.6. The van der Waals surface area contributed by atoms with Gasteiger partial charge in [0.15, 0.2) is 0 Å². The van der Waals surface area contributed by atoms with Crippen molar-refractivity contribution in [3.63, 3.8) is 0 Å². The number of fused-ring (bicyclic) bond motifs is 1. The number of nitrogens with one attached hydrogen (secondary N) is 1. The molecule has 2 aromatic rings. The highest BCUT2D eigenvalue weighted by Gasteiger charge is 2.45. The molecular weight excluding hydrogens is 209 g/mol. The maximum atomic E-state index is 13.6. The highest BCUT2D eigenvalue weighted by molar-refractivity contribution is 5.86. The summed E-state index contributed by atoms with van der Waals surface area (Å²) in [5.41, 5.74) is 1.52. The summed E-state index contributed by atoms with van der Waals surface area (Å²) in [6.45, 7) is 0. The molecule has 0 amide bonds. The average Bonchev–Trinajstić information content (AvgIpc) is 2.93. The molecule has 1 fully saturated rings. The van der Waals surface area contributed by atoms with Gasteiger partial charge in [0.05, 0.1) is 5.92 Å². The predicted molar refractivity (Wildman–Crippen MR) is 56.7 cm³/mol. The molecule has 16 heavy (non-hydrogen) atoms. The van der Waals surface area contributed by atoms with E-state index in [2.05, 4.69) is 4.98 Å². The van der Waals surface area contributed by atoms with Crippen LogP contribution in [0.4, 0.5) is 4.39 Å². The van der Waals surface area contributed by atoms with Gasteiger partial charge in [-0.25, -0.2) is 4.39 Å². The van der Waals surface area contributed by atoms with Crippen molar-refractivity contribution in [1.29, 1.82) is 0 Å². The van der Waals surface area contributed by atoms with Crippen molar-refractivity contribution in [2.75, 3.05) is 0 Å². The molecule has 1 aliphatic rings. The molecule has 82 valence electrons. The lowest BCUT2D eigenvalue weighted by atomic mass is 10.1. The van der Waals surface area contributed by atoms with E-state index in [4.69, 9.17) is 5.11 Å². The molecule has 3 nitrogen and oxygen atoms in total. The van der Waals surface area contributed by atoms with Crippen molar-refractivity contribution in [2.24, 2.45) is 5.92 Å². The summed E-state index contributed by atoms with van der Waals surface area (Å²) in [5.74, 6) is -1.47. The number of aromatic amines is 1. The van der Waals surface area contributed by atoms with Crippen LogP contribution in [0.25, 0.3) is 10.9 Å². The molecule has 4 heteroatoms. The topological polar surface area (TPSA) is 53.1 Å². The maximum Gasteiger partial charge on any atom is 0.307 e. The molecule has 2 atom stereocenters. The van der Waals surface area contributed by atoms with Gasteiger partial charge in [-0.15, -0.1) is 0 Å². The van der Waals surface area contributed by atoms with Crippen LogP contribution < -0.4 is 0 Å². The number of hydrogen-bond acceptors (Lipinski definition) is 1. The summed E-state index contributed by atoms with van der Waals surface area (Å²) in [5, 5.41) is 9.40. The SMILES string of the molecule is O=C(O)C1CC1c1c[nH]c2cccc(F)c12. The molecule has 2 N–H and O–H groups in total. The Hall–Kier alpha value is -1.84. The second-order valence-electron chi connectivity index (χ2n) is 4.19. The Kier molecular flexibility index (Phi) is 1.80. The van der Waals surface area contributed by atoms with E-state index in [1.54, 1.807) is 18.3 Å². The van der Waals surface area contributed by atoms with Crippen molar-refractivity contribution in [1.82, 2.24) is 4.98 Å². The minimum atomic E-state index is -0.796. The van der Waals surface area contributed by atoms with Gasteiger partial charge in [0.1, 0.15) is 5.82 Å². The van der Waals surface area contributed by atoms with Crippen LogP contribution in [-0.4, -0.2) is 16.1 Å². The van der Waals surface area contributed by atoms with Gasteiger partial charge in [0, 0.05) is 23.0 Å². The number of carboxylic acids is 1. The fourth-order valence-electron chi connectivity index (χ4n) is 2.27. The molecule has 1 saturated carbocycles. The Balaban J connectivity index is 2.09. The largest absolute Gasteiger partial charge is 0.481 e. The Morgan fingerprint density at radius 1 is 1.50 bits per heavy atom. The van der Waals surface area contributed by atoms with E-state index >= 15 is 0 Å². The molecular formula is C12H10FNO2. The zero-order valence-electron chi connectivity index (χ0n) is 8.40. The van der Waals surface area contributed by atoms with Crippen LogP contribution in [0.5, 0.6) is 0 Å². The van der Waals surface area contributed by atoms with Crippen molar-refractivity contribution in [2.45, 2.75) is 12.3 Å². The van der Waals surface area contributed by atoms with Crippen LogP contribution in [0, 0.1) is 11.7 Å². The van der Waals surface area contributed by atoms with Crippen LogP contribution in [-0.2, 0) is 4.79 Å². The van der Waals surface area contributed by atoms with Gasteiger partial charge in [-0.1, -0.05) is 6.07 Å². The monoisotopic (exact) mass is 219 g/mol. The lowest BCUT2D eigenvalue weighted by Gasteiger charge is -1.97. The Labute approximate surface area is 90.9 Å². The molecule has 1 heterocycles. The number of rotatable bonds is 2. The van der Waals surface area contributed by atoms with Gasteiger partial charge in [-0.05, 0) is 24.1 Å². The number of halogens is 1. The molecule has 1 aliphatic carbocycles. The van der Waals surface area contributed by atoms with E-state index in [-0.39, 0.29) is 17.7 Å². The highest BCUT2D eigenvalue weighted by atomic mass is 19.1. The quantitative estimate of drug-likeness (QED) is 0.815. The average molecular weight is 219 g/mol. The van der Waals surface area contributed by atoms with Crippen LogP contribution in [0.3, 0.4) is 0 Å². The van der Waals surface area contributed by atoms with Crippen molar-refractivity contribution < 1.29 is 14.3 Å². The van der Waals surface area contributed by atoms with E-state index in [1.165, 1.54) is 6.07 Å². The Morgan fingerprint density at radius 2 is 2.31 bits per heavy atom. The summed E-state index contributed by atoms with van der Waals surface area (Å²) in [6, 6.07) is 4.83. The molecule has 2 unspecified atom stereocenters. The molecule has 0 saturated heterocycles. The number of benzene rings is 1. The third-order valence-corrected chi connectivity index (χ3v) is 3.19. The summed E-state index contributed by atoms with van der Waals surface area (Å²) in [7, 11) is 0. The van der Waals surface area contributed by atoms with Gasteiger partial charge in [-0.3, -0.25) is 4.79 Å². The first-order chi connectivity index (χ1) is 7.68. The van der Waals surface area contributed by atoms with Gasteiger partial charge in [-0.2, -0.15) is 0 Å². The Morgan fingerprint density at radius 3 is 3.00 bits per heavy atom. The predicted octanol–water partition coefficient (Wildman–Crippen LogP) is 2.50. The molecule has 0 aliphatic heterocycles. The highest BCUT2D eigenvalue weighted by Crippen LogP contribution is 2.49. The maximum absolute atomic E-state index is 13.6. The number of H-pyrrole nitrogens is 1. The van der Waals surface area contributed by atoms with Gasteiger partial charge >= 0.3 is 5.97 Å². The Bertz CT molecular complexity index is 575. The number of carboxylic acid groups (broad SMARTS) is 1. The fraction of sp³-hybridized carbons (Fsp3) is 0.250. The molecule has 3 rings (SSSR count). The second-order valence-corrected chi connectivity index (χ2v) is 4.19. The lowest BCUT2D eigenvalue weighted by molar-refractivity contribution is -0.138. The fourth-order valence-corrected chi connectivity index (χ4v) is 2.27. The minimum Gasteiger partial charge on any atom is -0.481 e. The number of aromatic nitrogens is 1. The summed E-state index contributed by atoms with van der Waals surface area (Å²) in [6.07, 6.45) is 2.33. The minimum absolute atomic E-state index is 0.0388. The van der Waals surface area contributed by atoms with Crippen LogP contribution in [0.15, 0.2) is 24.4 Å². The van der Waals surface area contributed by atoms with Crippen molar-refractivity contribution in [3.05, 3.63) is 35.8 Å². The third-order valence-electron chi connectivity index (χ3n) is 3.19. The molecule has 1 aromatic heterocycles. The summed E-state index contributed by atoms with van der Waals surface area (Å²) >= 11 is 0. The van der Waals surface area contributed by atoms with E-state index in [0.29, 0.717) is 11.8 Å². The summed E-state index contributed by atoms with van der Waals surface area (Å²) in [4.78, 5) is 13.8. The van der Waals surface area contributed by atoms with Crippen LogP contribution in [0.1, 0.15) is 17.9 Å². The molecule has 1 aromatic carbocycles. The first-order valence-corrected chi connectivity index (χ1v) is 5.17. The van der Waals surface area contributed by atoms with Crippen LogP contribution >= 0.6 is 0 Å². The van der Waals surface area contributed by atoms with Crippen molar-refractivity contribution >= 4 is 16.9 Å². The van der Waals surface area contributed by atoms with E-state index < -0.39 is 5.97 Å². The number of hydrogen-bond donors (Lipinski definition) is 2. The normalized spacial score (nSPS) is 23.6. The van der Waals surface area contributed by atoms with Gasteiger partial charge in [0.2, 0.25) is 0 Å². The van der Waals surface area contributed by atoms with Gasteiger partial charge in [0.25, 0.3) is 0 Å². The van der Waals surface area contributed by atoms with E-state index in [0.717, 1.165) is 11.1 Å². The third kappa shape index (κ3) is 1.23.